The van der Waals surface area contributed by atoms with Gasteiger partial charge in [0.25, 0.3) is 0 Å². The number of ether oxygens (including phenoxy) is 2. The van der Waals surface area contributed by atoms with Gasteiger partial charge in [0.2, 0.25) is 0 Å². The molecule has 0 fully saturated rings. The average molecular weight is 330 g/mol. The van der Waals surface area contributed by atoms with Gasteiger partial charge in [0.15, 0.2) is 0 Å². The van der Waals surface area contributed by atoms with Gasteiger partial charge in [-0.3, -0.25) is 4.79 Å². The van der Waals surface area contributed by atoms with Crippen molar-refractivity contribution in [3.63, 3.8) is 0 Å². The molecule has 0 aliphatic carbocycles. The Kier molecular flexibility index (Phi) is 6.31. The van der Waals surface area contributed by atoms with Crippen molar-refractivity contribution in [2.75, 3.05) is 27.8 Å². The first-order chi connectivity index (χ1) is 8.97. The van der Waals surface area contributed by atoms with Crippen molar-refractivity contribution in [3.8, 4) is 5.75 Å². The molecule has 0 aliphatic rings. The Labute approximate surface area is 122 Å². The molecule has 4 nitrogen and oxygen atoms in total. The van der Waals surface area contributed by atoms with Crippen molar-refractivity contribution in [1.29, 1.82) is 0 Å². The van der Waals surface area contributed by atoms with Crippen LogP contribution in [0.5, 0.6) is 5.75 Å². The molecule has 106 valence electrons. The van der Waals surface area contributed by atoms with Crippen molar-refractivity contribution >= 4 is 21.9 Å². The fraction of sp³-hybridized carbons (Fsp3) is 0.500. The molecule has 0 radical (unpaired) electrons. The Morgan fingerprint density at radius 3 is 2.68 bits per heavy atom. The first kappa shape index (κ1) is 16.0. The summed E-state index contributed by atoms with van der Waals surface area (Å²) in [6.07, 6.45) is 0. The Balaban J connectivity index is 2.66. The molecule has 0 aliphatic heterocycles. The SMILES string of the molecule is COC(=O)C(C)CN(C)Cc1cc(OC)ccc1Br. The fourth-order valence-corrected chi connectivity index (χ4v) is 2.27. The summed E-state index contributed by atoms with van der Waals surface area (Å²) in [4.78, 5) is 13.5. The first-order valence-electron chi connectivity index (χ1n) is 6.06. The zero-order chi connectivity index (χ0) is 14.4. The van der Waals surface area contributed by atoms with Crippen LogP contribution in [0.3, 0.4) is 0 Å². The predicted molar refractivity (Wildman–Crippen MR) is 78.2 cm³/mol. The molecule has 0 spiro atoms. The minimum atomic E-state index is -0.184. The lowest BCUT2D eigenvalue weighted by Crippen LogP contribution is -2.29. The third-order valence-electron chi connectivity index (χ3n) is 2.88. The fourth-order valence-electron chi connectivity index (χ4n) is 1.90. The van der Waals surface area contributed by atoms with Crippen LogP contribution in [-0.2, 0) is 16.1 Å². The van der Waals surface area contributed by atoms with E-state index in [1.165, 1.54) is 7.11 Å². The number of benzene rings is 1. The van der Waals surface area contributed by atoms with Gasteiger partial charge in [0, 0.05) is 17.6 Å². The molecule has 0 N–H and O–H groups in total. The molecule has 1 atom stereocenters. The molecule has 1 unspecified atom stereocenters. The summed E-state index contributed by atoms with van der Waals surface area (Å²) in [7, 11) is 5.04. The van der Waals surface area contributed by atoms with Crippen LogP contribution in [0.4, 0.5) is 0 Å². The second-order valence-electron chi connectivity index (χ2n) is 4.58. The lowest BCUT2D eigenvalue weighted by molar-refractivity contribution is -0.145. The molecule has 1 aromatic carbocycles. The molecule has 19 heavy (non-hydrogen) atoms. The van der Waals surface area contributed by atoms with Gasteiger partial charge in [0.05, 0.1) is 20.1 Å². The van der Waals surface area contributed by atoms with Gasteiger partial charge in [-0.2, -0.15) is 0 Å². The number of hydrogen-bond donors (Lipinski definition) is 0. The van der Waals surface area contributed by atoms with E-state index in [4.69, 9.17) is 9.47 Å². The monoisotopic (exact) mass is 329 g/mol. The lowest BCUT2D eigenvalue weighted by Gasteiger charge is -2.20. The number of esters is 1. The van der Waals surface area contributed by atoms with E-state index in [0.717, 1.165) is 22.3 Å². The zero-order valence-corrected chi connectivity index (χ0v) is 13.4. The van der Waals surface area contributed by atoms with Crippen molar-refractivity contribution in [2.45, 2.75) is 13.5 Å². The summed E-state index contributed by atoms with van der Waals surface area (Å²) < 4.78 is 11.0. The number of carbonyl (C=O) groups excluding carboxylic acids is 1. The van der Waals surface area contributed by atoms with Crippen molar-refractivity contribution < 1.29 is 14.3 Å². The molecule has 1 aromatic rings. The maximum Gasteiger partial charge on any atom is 0.309 e. The molecule has 1 rings (SSSR count). The van der Waals surface area contributed by atoms with Crippen LogP contribution in [-0.4, -0.2) is 38.7 Å². The average Bonchev–Trinajstić information content (AvgIpc) is 2.40. The molecule has 0 amide bonds. The summed E-state index contributed by atoms with van der Waals surface area (Å²) in [5.74, 6) is 0.503. The van der Waals surface area contributed by atoms with Crippen molar-refractivity contribution in [1.82, 2.24) is 4.90 Å². The molecule has 0 bridgehead atoms. The maximum atomic E-state index is 11.4. The highest BCUT2D eigenvalue weighted by Crippen LogP contribution is 2.23. The summed E-state index contributed by atoms with van der Waals surface area (Å²) in [6.45, 7) is 3.25. The summed E-state index contributed by atoms with van der Waals surface area (Å²) in [5, 5.41) is 0. The standard InChI is InChI=1S/C14H20BrNO3/c1-10(14(17)19-4)8-16(2)9-11-7-12(18-3)5-6-13(11)15/h5-7,10H,8-9H2,1-4H3. The maximum absolute atomic E-state index is 11.4. The number of rotatable bonds is 6. The normalized spacial score (nSPS) is 12.3. The summed E-state index contributed by atoms with van der Waals surface area (Å²) >= 11 is 3.52. The van der Waals surface area contributed by atoms with Crippen LogP contribution in [0.1, 0.15) is 12.5 Å². The van der Waals surface area contributed by atoms with Crippen molar-refractivity contribution in [3.05, 3.63) is 28.2 Å². The minimum Gasteiger partial charge on any atom is -0.497 e. The summed E-state index contributed by atoms with van der Waals surface area (Å²) in [5.41, 5.74) is 1.12. The molecule has 5 heteroatoms. The van der Waals surface area contributed by atoms with Gasteiger partial charge >= 0.3 is 5.97 Å². The van der Waals surface area contributed by atoms with E-state index >= 15 is 0 Å². The minimum absolute atomic E-state index is 0.139. The largest absolute Gasteiger partial charge is 0.497 e. The predicted octanol–water partition coefficient (Wildman–Crippen LogP) is 2.70. The third-order valence-corrected chi connectivity index (χ3v) is 3.66. The number of carbonyl (C=O) groups is 1. The first-order valence-corrected chi connectivity index (χ1v) is 6.86. The van der Waals surface area contributed by atoms with Gasteiger partial charge in [-0.25, -0.2) is 0 Å². The topological polar surface area (TPSA) is 38.8 Å². The Morgan fingerprint density at radius 1 is 1.42 bits per heavy atom. The highest BCUT2D eigenvalue weighted by atomic mass is 79.9. The van der Waals surface area contributed by atoms with E-state index in [9.17, 15) is 4.79 Å². The van der Waals surface area contributed by atoms with Crippen LogP contribution in [0.2, 0.25) is 0 Å². The molecule has 0 aromatic heterocycles. The zero-order valence-electron chi connectivity index (χ0n) is 11.8. The number of methoxy groups -OCH3 is 2. The van der Waals surface area contributed by atoms with Crippen LogP contribution < -0.4 is 4.74 Å². The van der Waals surface area contributed by atoms with Gasteiger partial charge < -0.3 is 14.4 Å². The molecular formula is C14H20BrNO3. The van der Waals surface area contributed by atoms with Crippen molar-refractivity contribution in [2.24, 2.45) is 5.92 Å². The second kappa shape index (κ2) is 7.50. The van der Waals surface area contributed by atoms with E-state index in [-0.39, 0.29) is 11.9 Å². The second-order valence-corrected chi connectivity index (χ2v) is 5.43. The lowest BCUT2D eigenvalue weighted by atomic mass is 10.1. The van der Waals surface area contributed by atoms with E-state index in [1.54, 1.807) is 7.11 Å². The van der Waals surface area contributed by atoms with E-state index < -0.39 is 0 Å². The van der Waals surface area contributed by atoms with Crippen LogP contribution in [0.15, 0.2) is 22.7 Å². The highest BCUT2D eigenvalue weighted by molar-refractivity contribution is 9.10. The number of hydrogen-bond acceptors (Lipinski definition) is 4. The van der Waals surface area contributed by atoms with Gasteiger partial charge in [-0.15, -0.1) is 0 Å². The van der Waals surface area contributed by atoms with Crippen LogP contribution >= 0.6 is 15.9 Å². The summed E-state index contributed by atoms with van der Waals surface area (Å²) in [6, 6.07) is 5.86. The third kappa shape index (κ3) is 4.84. The van der Waals surface area contributed by atoms with Crippen LogP contribution in [0.25, 0.3) is 0 Å². The highest BCUT2D eigenvalue weighted by Gasteiger charge is 2.16. The smallest absolute Gasteiger partial charge is 0.309 e. The molecule has 0 heterocycles. The Morgan fingerprint density at radius 2 is 2.11 bits per heavy atom. The van der Waals surface area contributed by atoms with Gasteiger partial charge in [-0.05, 0) is 30.8 Å². The quantitative estimate of drug-likeness (QED) is 0.752. The Bertz CT molecular complexity index is 437. The number of halogens is 1. The number of nitrogens with zero attached hydrogens (tertiary/aromatic N) is 1. The molecule has 0 saturated heterocycles. The van der Waals surface area contributed by atoms with Gasteiger partial charge in [0.1, 0.15) is 5.75 Å². The van der Waals surface area contributed by atoms with Gasteiger partial charge in [-0.1, -0.05) is 22.9 Å². The van der Waals surface area contributed by atoms with E-state index in [2.05, 4.69) is 20.8 Å². The van der Waals surface area contributed by atoms with E-state index in [0.29, 0.717) is 6.54 Å². The molecule has 0 saturated carbocycles. The Hall–Kier alpha value is -1.07. The van der Waals surface area contributed by atoms with Crippen LogP contribution in [0, 0.1) is 5.92 Å². The molecular weight excluding hydrogens is 310 g/mol. The van der Waals surface area contributed by atoms with E-state index in [1.807, 2.05) is 32.2 Å².